The quantitative estimate of drug-likeness (QED) is 0.424. The van der Waals surface area contributed by atoms with Crippen LogP contribution in [0.2, 0.25) is 0 Å². The van der Waals surface area contributed by atoms with Gasteiger partial charge in [0, 0.05) is 30.2 Å². The van der Waals surface area contributed by atoms with Crippen LogP contribution in [0, 0.1) is 6.92 Å². The lowest BCUT2D eigenvalue weighted by molar-refractivity contribution is -0.115. The van der Waals surface area contributed by atoms with E-state index in [-0.39, 0.29) is 12.3 Å². The first-order chi connectivity index (χ1) is 15.1. The zero-order chi connectivity index (χ0) is 21.6. The summed E-state index contributed by atoms with van der Waals surface area (Å²) in [4.78, 5) is 27.4. The van der Waals surface area contributed by atoms with Gasteiger partial charge in [0.2, 0.25) is 17.8 Å². The Bertz CT molecular complexity index is 1160. The fourth-order valence-electron chi connectivity index (χ4n) is 2.97. The lowest BCUT2D eigenvalue weighted by Gasteiger charge is -2.17. The van der Waals surface area contributed by atoms with Crippen molar-refractivity contribution in [2.75, 3.05) is 22.6 Å². The van der Waals surface area contributed by atoms with Crippen LogP contribution >= 0.6 is 0 Å². The molecule has 0 saturated carbocycles. The maximum absolute atomic E-state index is 12.2. The number of carbonyl (C=O) groups is 1. The highest BCUT2D eigenvalue weighted by molar-refractivity contribution is 5.92. The molecule has 0 atom stereocenters. The number of hydrogen-bond donors (Lipinski definition) is 3. The predicted molar refractivity (Wildman–Crippen MR) is 120 cm³/mol. The maximum atomic E-state index is 12.2. The summed E-state index contributed by atoms with van der Waals surface area (Å²) in [6, 6.07) is 20.9. The van der Waals surface area contributed by atoms with Crippen molar-refractivity contribution in [1.82, 2.24) is 25.1 Å². The zero-order valence-corrected chi connectivity index (χ0v) is 17.2. The number of hydrogen-bond acceptors (Lipinski definition) is 7. The van der Waals surface area contributed by atoms with Gasteiger partial charge in [0.05, 0.1) is 6.42 Å². The molecule has 0 saturated heterocycles. The topological polar surface area (TPSA) is 112 Å². The van der Waals surface area contributed by atoms with Gasteiger partial charge in [0.25, 0.3) is 0 Å². The van der Waals surface area contributed by atoms with Crippen LogP contribution in [0.1, 0.15) is 11.5 Å². The molecule has 0 fully saturated rings. The minimum atomic E-state index is -0.135. The van der Waals surface area contributed by atoms with Crippen LogP contribution in [-0.4, -0.2) is 38.1 Å². The Hall–Kier alpha value is -4.27. The molecule has 0 aliphatic rings. The van der Waals surface area contributed by atoms with Gasteiger partial charge in [-0.2, -0.15) is 20.1 Å². The van der Waals surface area contributed by atoms with Crippen molar-refractivity contribution < 1.29 is 4.79 Å². The van der Waals surface area contributed by atoms with Crippen molar-refractivity contribution >= 4 is 35.0 Å². The number of aromatic nitrogens is 5. The van der Waals surface area contributed by atoms with E-state index < -0.39 is 0 Å². The van der Waals surface area contributed by atoms with Gasteiger partial charge >= 0.3 is 0 Å². The Kier molecular flexibility index (Phi) is 5.84. The monoisotopic (exact) mass is 414 g/mol. The third-order valence-corrected chi connectivity index (χ3v) is 4.46. The number of amides is 1. The number of nitrogens with zero attached hydrogens (tertiary/aromatic N) is 5. The van der Waals surface area contributed by atoms with Crippen LogP contribution < -0.4 is 15.5 Å². The standard InChI is InChI=1S/C22H22N8O/c1-15-23-21(27-22(24-15)30(2)18-11-7-4-8-12-18)26-19-13-17(28-29-19)14-20(31)25-16-9-5-3-6-10-16/h3-13H,14H2,1-2H3,(H,25,31)(H2,23,24,26,27,28,29). The zero-order valence-electron chi connectivity index (χ0n) is 17.2. The lowest BCUT2D eigenvalue weighted by Crippen LogP contribution is -2.15. The second-order valence-electron chi connectivity index (χ2n) is 6.90. The molecule has 4 rings (SSSR count). The van der Waals surface area contributed by atoms with Crippen LogP contribution in [0.15, 0.2) is 66.7 Å². The molecular weight excluding hydrogens is 392 g/mol. The molecule has 3 N–H and O–H groups in total. The molecular formula is C22H22N8O. The Labute approximate surface area is 179 Å². The first-order valence-electron chi connectivity index (χ1n) is 9.74. The van der Waals surface area contributed by atoms with E-state index in [9.17, 15) is 4.79 Å². The van der Waals surface area contributed by atoms with E-state index in [1.54, 1.807) is 13.0 Å². The van der Waals surface area contributed by atoms with Crippen molar-refractivity contribution in [3.63, 3.8) is 0 Å². The Morgan fingerprint density at radius 3 is 2.45 bits per heavy atom. The summed E-state index contributed by atoms with van der Waals surface area (Å²) in [6.07, 6.45) is 0.168. The average molecular weight is 414 g/mol. The smallest absolute Gasteiger partial charge is 0.234 e. The second kappa shape index (κ2) is 9.04. The van der Waals surface area contributed by atoms with Gasteiger partial charge in [-0.25, -0.2) is 0 Å². The number of carbonyl (C=O) groups excluding carboxylic acids is 1. The second-order valence-corrected chi connectivity index (χ2v) is 6.90. The normalized spacial score (nSPS) is 10.5. The minimum Gasteiger partial charge on any atom is -0.326 e. The van der Waals surface area contributed by atoms with Gasteiger partial charge in [-0.1, -0.05) is 36.4 Å². The lowest BCUT2D eigenvalue weighted by atomic mass is 10.2. The van der Waals surface area contributed by atoms with Crippen molar-refractivity contribution in [1.29, 1.82) is 0 Å². The summed E-state index contributed by atoms with van der Waals surface area (Å²) in [5.74, 6) is 1.84. The molecule has 2 aromatic heterocycles. The first kappa shape index (κ1) is 20.0. The van der Waals surface area contributed by atoms with Crippen molar-refractivity contribution in [3.8, 4) is 0 Å². The summed E-state index contributed by atoms with van der Waals surface area (Å²) in [5.41, 5.74) is 2.38. The number of para-hydroxylation sites is 2. The van der Waals surface area contributed by atoms with Crippen molar-refractivity contribution in [3.05, 3.63) is 78.2 Å². The number of aryl methyl sites for hydroxylation is 1. The summed E-state index contributed by atoms with van der Waals surface area (Å²) in [5, 5.41) is 13.0. The molecule has 31 heavy (non-hydrogen) atoms. The van der Waals surface area contributed by atoms with E-state index >= 15 is 0 Å². The van der Waals surface area contributed by atoms with E-state index in [0.717, 1.165) is 11.4 Å². The molecule has 9 nitrogen and oxygen atoms in total. The minimum absolute atomic E-state index is 0.135. The Balaban J connectivity index is 1.43. The molecule has 0 unspecified atom stereocenters. The third kappa shape index (κ3) is 5.21. The number of H-pyrrole nitrogens is 1. The van der Waals surface area contributed by atoms with E-state index in [0.29, 0.717) is 29.2 Å². The largest absolute Gasteiger partial charge is 0.326 e. The number of anilines is 5. The fraction of sp³-hybridized carbons (Fsp3) is 0.136. The molecule has 1 amide bonds. The summed E-state index contributed by atoms with van der Waals surface area (Å²) < 4.78 is 0. The number of benzene rings is 2. The molecule has 0 aliphatic carbocycles. The highest BCUT2D eigenvalue weighted by Gasteiger charge is 2.12. The van der Waals surface area contributed by atoms with Crippen molar-refractivity contribution in [2.24, 2.45) is 0 Å². The highest BCUT2D eigenvalue weighted by Crippen LogP contribution is 2.21. The van der Waals surface area contributed by atoms with Gasteiger partial charge in [0.15, 0.2) is 5.82 Å². The fourth-order valence-corrected chi connectivity index (χ4v) is 2.97. The molecule has 0 bridgehead atoms. The molecule has 0 aliphatic heterocycles. The van der Waals surface area contributed by atoms with Crippen LogP contribution in [0.4, 0.5) is 29.1 Å². The summed E-state index contributed by atoms with van der Waals surface area (Å²) in [6.45, 7) is 1.80. The molecule has 156 valence electrons. The van der Waals surface area contributed by atoms with Gasteiger partial charge in [-0.15, -0.1) is 0 Å². The molecule has 0 spiro atoms. The van der Waals surface area contributed by atoms with E-state index in [4.69, 9.17) is 0 Å². The molecule has 0 radical (unpaired) electrons. The highest BCUT2D eigenvalue weighted by atomic mass is 16.1. The summed E-state index contributed by atoms with van der Waals surface area (Å²) >= 11 is 0. The molecule has 4 aromatic rings. The van der Waals surface area contributed by atoms with Gasteiger partial charge in [-0.05, 0) is 31.2 Å². The first-order valence-corrected chi connectivity index (χ1v) is 9.74. The van der Waals surface area contributed by atoms with Crippen LogP contribution in [0.5, 0.6) is 0 Å². The SMILES string of the molecule is Cc1nc(Nc2cc(CC(=O)Nc3ccccc3)[nH]n2)nc(N(C)c2ccccc2)n1. The molecule has 9 heteroatoms. The summed E-state index contributed by atoms with van der Waals surface area (Å²) in [7, 11) is 1.89. The van der Waals surface area contributed by atoms with Gasteiger partial charge in [0.1, 0.15) is 5.82 Å². The van der Waals surface area contributed by atoms with E-state index in [1.807, 2.05) is 72.6 Å². The average Bonchev–Trinajstić information content (AvgIpc) is 3.20. The Morgan fingerprint density at radius 2 is 1.71 bits per heavy atom. The maximum Gasteiger partial charge on any atom is 0.234 e. The molecule has 2 aromatic carbocycles. The number of rotatable bonds is 7. The van der Waals surface area contributed by atoms with Crippen molar-refractivity contribution in [2.45, 2.75) is 13.3 Å². The number of nitrogens with one attached hydrogen (secondary N) is 3. The van der Waals surface area contributed by atoms with Crippen LogP contribution in [0.3, 0.4) is 0 Å². The van der Waals surface area contributed by atoms with Gasteiger partial charge in [-0.3, -0.25) is 9.89 Å². The number of aromatic amines is 1. The van der Waals surface area contributed by atoms with E-state index in [1.165, 1.54) is 0 Å². The third-order valence-electron chi connectivity index (χ3n) is 4.46. The predicted octanol–water partition coefficient (Wildman–Crippen LogP) is 3.60. The van der Waals surface area contributed by atoms with Crippen LogP contribution in [-0.2, 0) is 11.2 Å². The van der Waals surface area contributed by atoms with Gasteiger partial charge < -0.3 is 15.5 Å². The van der Waals surface area contributed by atoms with Crippen LogP contribution in [0.25, 0.3) is 0 Å². The molecule has 2 heterocycles. The Morgan fingerprint density at radius 1 is 1.00 bits per heavy atom. The van der Waals surface area contributed by atoms with E-state index in [2.05, 4.69) is 35.8 Å².